The zero-order valence-corrected chi connectivity index (χ0v) is 11.7. The van der Waals surface area contributed by atoms with Crippen molar-refractivity contribution in [2.75, 3.05) is 13.1 Å². The highest BCUT2D eigenvalue weighted by molar-refractivity contribution is 5.72. The number of hydrogen-bond acceptors (Lipinski definition) is 3. The van der Waals surface area contributed by atoms with E-state index in [9.17, 15) is 18.4 Å². The molecule has 2 fully saturated rings. The molecule has 0 bridgehead atoms. The molecule has 3 atom stereocenters. The summed E-state index contributed by atoms with van der Waals surface area (Å²) in [6, 6.07) is 0. The highest BCUT2D eigenvalue weighted by Crippen LogP contribution is 2.51. The van der Waals surface area contributed by atoms with Gasteiger partial charge in [-0.3, -0.25) is 4.79 Å². The number of likely N-dealkylation sites (tertiary alicyclic amines) is 1. The van der Waals surface area contributed by atoms with E-state index in [-0.39, 0.29) is 13.1 Å². The maximum atomic E-state index is 13.8. The average molecular weight is 291 g/mol. The molecule has 1 saturated heterocycles. The van der Waals surface area contributed by atoms with Crippen LogP contribution in [-0.4, -0.2) is 46.7 Å². The van der Waals surface area contributed by atoms with Crippen LogP contribution >= 0.6 is 0 Å². The molecule has 0 radical (unpaired) electrons. The summed E-state index contributed by atoms with van der Waals surface area (Å²) in [6.07, 6.45) is -1.30. The van der Waals surface area contributed by atoms with E-state index in [4.69, 9.17) is 9.84 Å². The number of carboxylic acid groups (broad SMARTS) is 1. The molecule has 1 amide bonds. The zero-order valence-electron chi connectivity index (χ0n) is 11.7. The number of aliphatic carboxylic acids is 1. The molecule has 1 aliphatic heterocycles. The lowest BCUT2D eigenvalue weighted by molar-refractivity contribution is -0.143. The van der Waals surface area contributed by atoms with Crippen molar-refractivity contribution in [1.82, 2.24) is 4.90 Å². The number of carbonyl (C=O) groups is 2. The lowest BCUT2D eigenvalue weighted by atomic mass is 9.92. The number of fused-ring (bicyclic) bond motifs is 1. The second kappa shape index (κ2) is 4.56. The Bertz CT molecular complexity index is 433. The molecule has 0 aromatic carbocycles. The Kier molecular flexibility index (Phi) is 3.42. The highest BCUT2D eigenvalue weighted by atomic mass is 19.3. The lowest BCUT2D eigenvalue weighted by Crippen LogP contribution is -2.38. The first-order valence-corrected chi connectivity index (χ1v) is 6.60. The molecule has 2 aliphatic rings. The van der Waals surface area contributed by atoms with E-state index in [1.54, 1.807) is 20.8 Å². The van der Waals surface area contributed by atoms with Gasteiger partial charge in [-0.25, -0.2) is 13.6 Å². The number of alkyl halides is 2. The van der Waals surface area contributed by atoms with Gasteiger partial charge in [-0.15, -0.1) is 0 Å². The summed E-state index contributed by atoms with van der Waals surface area (Å²) >= 11 is 0. The van der Waals surface area contributed by atoms with Gasteiger partial charge in [0.1, 0.15) is 5.60 Å². The van der Waals surface area contributed by atoms with Crippen molar-refractivity contribution in [3.05, 3.63) is 0 Å². The molecule has 1 aliphatic carbocycles. The van der Waals surface area contributed by atoms with E-state index in [0.29, 0.717) is 0 Å². The predicted octanol–water partition coefficient (Wildman–Crippen LogP) is 2.21. The first-order chi connectivity index (χ1) is 9.01. The van der Waals surface area contributed by atoms with E-state index in [1.807, 2.05) is 0 Å². The van der Waals surface area contributed by atoms with E-state index in [1.165, 1.54) is 4.90 Å². The van der Waals surface area contributed by atoms with E-state index in [2.05, 4.69) is 0 Å². The third-order valence-electron chi connectivity index (χ3n) is 3.89. The van der Waals surface area contributed by atoms with Crippen molar-refractivity contribution in [3.63, 3.8) is 0 Å². The van der Waals surface area contributed by atoms with Crippen molar-refractivity contribution in [1.29, 1.82) is 0 Å². The van der Waals surface area contributed by atoms with Crippen LogP contribution in [0, 0.1) is 17.8 Å². The summed E-state index contributed by atoms with van der Waals surface area (Å²) < 4.78 is 32.8. The fraction of sp³-hybridized carbons (Fsp3) is 0.846. The van der Waals surface area contributed by atoms with Gasteiger partial charge in [0.25, 0.3) is 5.92 Å². The summed E-state index contributed by atoms with van der Waals surface area (Å²) in [5.74, 6) is -7.14. The lowest BCUT2D eigenvalue weighted by Gasteiger charge is -2.26. The molecule has 1 heterocycles. The van der Waals surface area contributed by atoms with Crippen molar-refractivity contribution in [2.24, 2.45) is 17.8 Å². The Balaban J connectivity index is 2.11. The predicted molar refractivity (Wildman–Crippen MR) is 65.5 cm³/mol. The van der Waals surface area contributed by atoms with Crippen molar-refractivity contribution in [3.8, 4) is 0 Å². The van der Waals surface area contributed by atoms with Crippen molar-refractivity contribution < 1.29 is 28.2 Å². The molecule has 1 N–H and O–H groups in total. The molecule has 2 rings (SSSR count). The standard InChI is InChI=1S/C13H19F2NO4/c1-12(2,3)20-11(19)16-5-8-7(10(17)18)4-13(14,15)9(8)6-16/h7-9H,4-6H2,1-3H3,(H,17,18). The monoisotopic (exact) mass is 291 g/mol. The minimum atomic E-state index is -3.04. The maximum absolute atomic E-state index is 13.8. The smallest absolute Gasteiger partial charge is 0.410 e. The number of amides is 1. The number of halogens is 2. The summed E-state index contributed by atoms with van der Waals surface area (Å²) in [6.45, 7) is 4.95. The van der Waals surface area contributed by atoms with Crippen LogP contribution in [-0.2, 0) is 9.53 Å². The second-order valence-corrected chi connectivity index (χ2v) is 6.57. The summed E-state index contributed by atoms with van der Waals surface area (Å²) in [7, 11) is 0. The van der Waals surface area contributed by atoms with Gasteiger partial charge in [-0.05, 0) is 20.8 Å². The average Bonchev–Trinajstić information content (AvgIpc) is 2.76. The van der Waals surface area contributed by atoms with Crippen LogP contribution in [0.2, 0.25) is 0 Å². The minimum Gasteiger partial charge on any atom is -0.481 e. The van der Waals surface area contributed by atoms with Crippen molar-refractivity contribution >= 4 is 12.1 Å². The van der Waals surface area contributed by atoms with Crippen LogP contribution in [0.15, 0.2) is 0 Å². The van der Waals surface area contributed by atoms with Gasteiger partial charge in [-0.1, -0.05) is 0 Å². The Hall–Kier alpha value is -1.40. The molecule has 20 heavy (non-hydrogen) atoms. The molecule has 0 aromatic heterocycles. The van der Waals surface area contributed by atoms with Crippen LogP contribution in [0.4, 0.5) is 13.6 Å². The van der Waals surface area contributed by atoms with E-state index in [0.717, 1.165) is 0 Å². The van der Waals surface area contributed by atoms with E-state index < -0.39 is 47.8 Å². The van der Waals surface area contributed by atoms with Gasteiger partial charge in [0, 0.05) is 31.3 Å². The number of carbonyl (C=O) groups excluding carboxylic acids is 1. The molecule has 114 valence electrons. The van der Waals surface area contributed by atoms with Crippen LogP contribution in [0.1, 0.15) is 27.2 Å². The molecule has 7 heteroatoms. The second-order valence-electron chi connectivity index (χ2n) is 6.57. The summed E-state index contributed by atoms with van der Waals surface area (Å²) in [5, 5.41) is 9.04. The minimum absolute atomic E-state index is 0.0200. The van der Waals surface area contributed by atoms with Gasteiger partial charge in [-0.2, -0.15) is 0 Å². The van der Waals surface area contributed by atoms with Crippen molar-refractivity contribution in [2.45, 2.75) is 38.7 Å². The van der Waals surface area contributed by atoms with E-state index >= 15 is 0 Å². The molecular formula is C13H19F2NO4. The normalized spacial score (nSPS) is 32.0. The fourth-order valence-electron chi connectivity index (χ4n) is 3.03. The molecule has 5 nitrogen and oxygen atoms in total. The van der Waals surface area contributed by atoms with Crippen LogP contribution < -0.4 is 0 Å². The topological polar surface area (TPSA) is 66.8 Å². The number of ether oxygens (including phenoxy) is 1. The largest absolute Gasteiger partial charge is 0.481 e. The molecular weight excluding hydrogens is 272 g/mol. The van der Waals surface area contributed by atoms with Crippen LogP contribution in [0.25, 0.3) is 0 Å². The third kappa shape index (κ3) is 2.71. The van der Waals surface area contributed by atoms with Gasteiger partial charge < -0.3 is 14.7 Å². The number of nitrogens with zero attached hydrogens (tertiary/aromatic N) is 1. The Morgan fingerprint density at radius 2 is 1.90 bits per heavy atom. The molecule has 3 unspecified atom stereocenters. The SMILES string of the molecule is CC(C)(C)OC(=O)N1CC2C(C(=O)O)CC(F)(F)C2C1. The summed E-state index contributed by atoms with van der Waals surface area (Å²) in [5.41, 5.74) is -0.705. The quantitative estimate of drug-likeness (QED) is 0.804. The molecule has 1 saturated carbocycles. The first-order valence-electron chi connectivity index (χ1n) is 6.60. The Labute approximate surface area is 115 Å². The molecule has 0 aromatic rings. The van der Waals surface area contributed by atoms with Gasteiger partial charge in [0.2, 0.25) is 0 Å². The number of rotatable bonds is 1. The zero-order chi connectivity index (χ0) is 15.3. The maximum Gasteiger partial charge on any atom is 0.410 e. The van der Waals surface area contributed by atoms with Crippen LogP contribution in [0.5, 0.6) is 0 Å². The number of carboxylic acids is 1. The number of hydrogen-bond donors (Lipinski definition) is 1. The molecule has 0 spiro atoms. The third-order valence-corrected chi connectivity index (χ3v) is 3.89. The van der Waals surface area contributed by atoms with Gasteiger partial charge in [0.05, 0.1) is 5.92 Å². The Morgan fingerprint density at radius 3 is 2.40 bits per heavy atom. The Morgan fingerprint density at radius 1 is 1.30 bits per heavy atom. The fourth-order valence-corrected chi connectivity index (χ4v) is 3.03. The van der Waals surface area contributed by atoms with Gasteiger partial charge in [0.15, 0.2) is 0 Å². The van der Waals surface area contributed by atoms with Crippen LogP contribution in [0.3, 0.4) is 0 Å². The summed E-state index contributed by atoms with van der Waals surface area (Å²) in [4.78, 5) is 24.2. The first kappa shape index (κ1) is 15.0. The highest BCUT2D eigenvalue weighted by Gasteiger charge is 2.61. The van der Waals surface area contributed by atoms with Gasteiger partial charge >= 0.3 is 12.1 Å².